The molecule has 0 aromatic carbocycles. The van der Waals surface area contributed by atoms with Crippen molar-refractivity contribution in [1.82, 2.24) is 4.90 Å². The summed E-state index contributed by atoms with van der Waals surface area (Å²) >= 11 is 1.60. The average Bonchev–Trinajstić information content (AvgIpc) is 3.09. The van der Waals surface area contributed by atoms with E-state index in [-0.39, 0.29) is 30.5 Å². The van der Waals surface area contributed by atoms with Gasteiger partial charge in [-0.1, -0.05) is 0 Å². The molecule has 2 saturated heterocycles. The lowest BCUT2D eigenvalue weighted by Crippen LogP contribution is -2.44. The van der Waals surface area contributed by atoms with E-state index in [1.54, 1.807) is 16.2 Å². The van der Waals surface area contributed by atoms with Crippen LogP contribution in [0.4, 0.5) is 4.79 Å². The lowest BCUT2D eigenvalue weighted by atomic mass is 9.87. The van der Waals surface area contributed by atoms with Crippen molar-refractivity contribution < 1.29 is 23.6 Å². The van der Waals surface area contributed by atoms with E-state index in [0.717, 1.165) is 10.3 Å². The summed E-state index contributed by atoms with van der Waals surface area (Å²) in [7, 11) is -0.376. The Morgan fingerprint density at radius 2 is 1.89 bits per heavy atom. The highest BCUT2D eigenvalue weighted by Gasteiger charge is 2.52. The number of nitrogens with zero attached hydrogens (tertiary/aromatic N) is 1. The Labute approximate surface area is 166 Å². The number of amides is 1. The quantitative estimate of drug-likeness (QED) is 0.719. The Morgan fingerprint density at radius 3 is 2.48 bits per heavy atom. The fourth-order valence-corrected chi connectivity index (χ4v) is 3.87. The van der Waals surface area contributed by atoms with Crippen LogP contribution < -0.4 is 4.78 Å². The standard InChI is InChI=1S/C19H30BNO5S/c1-17(2,3)24-16(22)21-8-9-23-14(11-21)13-10-15(27-12-13)20-25-18(4,5)19(6,7)26-20/h10,12,14H,8-9,11H2,1-7H3. The third-order valence-electron chi connectivity index (χ3n) is 5.22. The number of carbonyl (C=O) groups is 1. The minimum atomic E-state index is -0.503. The summed E-state index contributed by atoms with van der Waals surface area (Å²) in [6.45, 7) is 15.3. The smallest absolute Gasteiger partial charge is 0.444 e. The van der Waals surface area contributed by atoms with E-state index < -0.39 is 5.60 Å². The van der Waals surface area contributed by atoms with Gasteiger partial charge in [-0.2, -0.15) is 11.3 Å². The molecule has 150 valence electrons. The highest BCUT2D eigenvalue weighted by molar-refractivity contribution is 7.20. The van der Waals surface area contributed by atoms with Crippen molar-refractivity contribution in [3.05, 3.63) is 17.0 Å². The molecule has 2 aliphatic heterocycles. The van der Waals surface area contributed by atoms with Gasteiger partial charge in [0.05, 0.1) is 24.4 Å². The van der Waals surface area contributed by atoms with Crippen LogP contribution in [-0.4, -0.2) is 54.6 Å². The van der Waals surface area contributed by atoms with Gasteiger partial charge in [0, 0.05) is 11.3 Å². The summed E-state index contributed by atoms with van der Waals surface area (Å²) in [5, 5.41) is 2.06. The van der Waals surface area contributed by atoms with Crippen LogP contribution >= 0.6 is 11.3 Å². The highest BCUT2D eigenvalue weighted by atomic mass is 32.1. The van der Waals surface area contributed by atoms with Gasteiger partial charge < -0.3 is 23.7 Å². The van der Waals surface area contributed by atoms with Crippen molar-refractivity contribution in [1.29, 1.82) is 0 Å². The van der Waals surface area contributed by atoms with Gasteiger partial charge in [-0.15, -0.1) is 0 Å². The third-order valence-corrected chi connectivity index (χ3v) is 6.19. The number of hydrogen-bond acceptors (Lipinski definition) is 6. The van der Waals surface area contributed by atoms with Crippen molar-refractivity contribution in [2.45, 2.75) is 71.4 Å². The molecule has 3 rings (SSSR count). The molecule has 1 unspecified atom stereocenters. The first-order valence-corrected chi connectivity index (χ1v) is 10.3. The maximum absolute atomic E-state index is 12.4. The zero-order valence-electron chi connectivity index (χ0n) is 17.3. The maximum Gasteiger partial charge on any atom is 0.505 e. The van der Waals surface area contributed by atoms with Gasteiger partial charge >= 0.3 is 13.2 Å². The van der Waals surface area contributed by atoms with Crippen molar-refractivity contribution in [2.75, 3.05) is 19.7 Å². The van der Waals surface area contributed by atoms with Gasteiger partial charge in [0.25, 0.3) is 0 Å². The van der Waals surface area contributed by atoms with E-state index in [2.05, 4.69) is 11.4 Å². The second kappa shape index (κ2) is 7.06. The highest BCUT2D eigenvalue weighted by Crippen LogP contribution is 2.37. The van der Waals surface area contributed by atoms with E-state index in [4.69, 9.17) is 18.8 Å². The molecule has 0 N–H and O–H groups in total. The van der Waals surface area contributed by atoms with Gasteiger partial charge in [0.1, 0.15) is 11.7 Å². The summed E-state index contributed by atoms with van der Waals surface area (Å²) in [6.07, 6.45) is -0.462. The lowest BCUT2D eigenvalue weighted by molar-refractivity contribution is -0.0431. The number of hydrogen-bond donors (Lipinski definition) is 0. The van der Waals surface area contributed by atoms with Gasteiger partial charge in [-0.05, 0) is 65.5 Å². The molecule has 2 fully saturated rings. The molecule has 2 aliphatic rings. The van der Waals surface area contributed by atoms with Gasteiger partial charge in [0.2, 0.25) is 0 Å². The molecule has 1 aromatic heterocycles. The molecule has 8 heteroatoms. The predicted molar refractivity (Wildman–Crippen MR) is 107 cm³/mol. The number of carbonyl (C=O) groups excluding carboxylic acids is 1. The Balaban J connectivity index is 1.67. The van der Waals surface area contributed by atoms with Crippen LogP contribution in [0.15, 0.2) is 11.4 Å². The Kier molecular flexibility index (Phi) is 5.40. The molecule has 1 aromatic rings. The average molecular weight is 395 g/mol. The summed E-state index contributed by atoms with van der Waals surface area (Å²) in [6, 6.07) is 2.07. The first-order chi connectivity index (χ1) is 12.4. The first-order valence-electron chi connectivity index (χ1n) is 9.41. The summed E-state index contributed by atoms with van der Waals surface area (Å²) in [5.74, 6) is 0. The fourth-order valence-electron chi connectivity index (χ4n) is 2.96. The van der Waals surface area contributed by atoms with Crippen molar-refractivity contribution in [3.8, 4) is 0 Å². The molecule has 3 heterocycles. The van der Waals surface area contributed by atoms with E-state index in [1.807, 2.05) is 48.5 Å². The van der Waals surface area contributed by atoms with E-state index in [1.165, 1.54) is 0 Å². The molecule has 1 atom stereocenters. The summed E-state index contributed by atoms with van der Waals surface area (Å²) < 4.78 is 24.7. The maximum atomic E-state index is 12.4. The van der Waals surface area contributed by atoms with Crippen molar-refractivity contribution in [2.24, 2.45) is 0 Å². The van der Waals surface area contributed by atoms with Crippen molar-refractivity contribution >= 4 is 29.3 Å². The second-order valence-corrected chi connectivity index (χ2v) is 10.1. The topological polar surface area (TPSA) is 57.2 Å². The zero-order chi connectivity index (χ0) is 20.0. The number of thiophene rings is 1. The predicted octanol–water partition coefficient (Wildman–Crippen LogP) is 3.36. The second-order valence-electron chi connectivity index (χ2n) is 9.16. The molecule has 0 spiro atoms. The number of morpholine rings is 1. The number of ether oxygens (including phenoxy) is 2. The van der Waals surface area contributed by atoms with Crippen LogP contribution in [-0.2, 0) is 18.8 Å². The fraction of sp³-hybridized carbons (Fsp3) is 0.737. The molecule has 0 radical (unpaired) electrons. The Morgan fingerprint density at radius 1 is 1.26 bits per heavy atom. The summed E-state index contributed by atoms with van der Waals surface area (Å²) in [5.41, 5.74) is -0.192. The summed E-state index contributed by atoms with van der Waals surface area (Å²) in [4.78, 5) is 14.1. The third kappa shape index (κ3) is 4.50. The molecular formula is C19H30BNO5S. The van der Waals surface area contributed by atoms with Crippen LogP contribution in [0.2, 0.25) is 0 Å². The zero-order valence-corrected chi connectivity index (χ0v) is 18.1. The normalized spacial score (nSPS) is 24.9. The SMILES string of the molecule is CC(C)(C)OC(=O)N1CCOC(c2csc(B3OC(C)(C)C(C)(C)O3)c2)C1. The van der Waals surface area contributed by atoms with Crippen LogP contribution in [0.1, 0.15) is 60.1 Å². The van der Waals surface area contributed by atoms with Crippen LogP contribution in [0.5, 0.6) is 0 Å². The lowest BCUT2D eigenvalue weighted by Gasteiger charge is -2.34. The largest absolute Gasteiger partial charge is 0.505 e. The molecule has 0 saturated carbocycles. The van der Waals surface area contributed by atoms with E-state index >= 15 is 0 Å². The van der Waals surface area contributed by atoms with Crippen molar-refractivity contribution in [3.63, 3.8) is 0 Å². The van der Waals surface area contributed by atoms with Crippen LogP contribution in [0.3, 0.4) is 0 Å². The van der Waals surface area contributed by atoms with Gasteiger partial charge in [-0.25, -0.2) is 4.79 Å². The Bertz CT molecular complexity index is 681. The van der Waals surface area contributed by atoms with Crippen LogP contribution in [0.25, 0.3) is 0 Å². The molecule has 0 aliphatic carbocycles. The van der Waals surface area contributed by atoms with Gasteiger partial charge in [0.15, 0.2) is 0 Å². The van der Waals surface area contributed by atoms with E-state index in [9.17, 15) is 4.79 Å². The number of rotatable bonds is 2. The molecular weight excluding hydrogens is 365 g/mol. The molecule has 1 amide bonds. The Hall–Kier alpha value is -1.09. The first kappa shape index (κ1) is 20.6. The molecule has 6 nitrogen and oxygen atoms in total. The van der Waals surface area contributed by atoms with Crippen LogP contribution in [0, 0.1) is 0 Å². The minimum absolute atomic E-state index is 0.168. The molecule has 27 heavy (non-hydrogen) atoms. The minimum Gasteiger partial charge on any atom is -0.444 e. The van der Waals surface area contributed by atoms with Gasteiger partial charge in [-0.3, -0.25) is 0 Å². The monoisotopic (exact) mass is 395 g/mol. The van der Waals surface area contributed by atoms with E-state index in [0.29, 0.717) is 19.7 Å². The molecule has 0 bridgehead atoms.